The second kappa shape index (κ2) is 21.2. The van der Waals surface area contributed by atoms with Crippen molar-refractivity contribution in [2.45, 2.75) is 56.1 Å². The van der Waals surface area contributed by atoms with Crippen LogP contribution in [0.2, 0.25) is 0 Å². The molecule has 0 saturated carbocycles. The summed E-state index contributed by atoms with van der Waals surface area (Å²) in [7, 11) is -16.4. The Morgan fingerprint density at radius 3 is 0.778 bits per heavy atom. The van der Waals surface area contributed by atoms with Crippen molar-refractivity contribution in [2.75, 3.05) is 79.5 Å². The third-order valence-corrected chi connectivity index (χ3v) is 13.6. The molecule has 54 heavy (non-hydrogen) atoms. The molecular weight excluding hydrogens is 873 g/mol. The van der Waals surface area contributed by atoms with Crippen molar-refractivity contribution < 1.29 is 120 Å². The monoisotopic (exact) mass is 903 g/mol. The molecule has 12 nitrogen and oxygen atoms in total. The first-order valence-electron chi connectivity index (χ1n) is 14.3. The molecule has 1 aliphatic rings. The van der Waals surface area contributed by atoms with E-state index >= 15 is 0 Å². The van der Waals surface area contributed by atoms with Crippen LogP contribution in [-0.4, -0.2) is 116 Å². The fourth-order valence-electron chi connectivity index (χ4n) is 3.06. The van der Waals surface area contributed by atoms with Crippen LogP contribution in [-0.2, 0) is 41.4 Å². The molecule has 0 radical (unpaired) electrons. The summed E-state index contributed by atoms with van der Waals surface area (Å²) >= 11 is 0. The maximum Gasteiger partial charge on any atom is 0.522 e. The zero-order valence-electron chi connectivity index (χ0n) is 26.8. The summed E-state index contributed by atoms with van der Waals surface area (Å²) in [5, 5.41) is 0. The highest BCUT2D eigenvalue weighted by molar-refractivity contribution is 7.78. The summed E-state index contributed by atoms with van der Waals surface area (Å²) in [5.41, 5.74) is 0. The number of halogens is 18. The van der Waals surface area contributed by atoms with Gasteiger partial charge in [-0.05, 0) is 0 Å². The van der Waals surface area contributed by atoms with Gasteiger partial charge in [0.25, 0.3) is 17.8 Å². The van der Waals surface area contributed by atoms with Gasteiger partial charge in [0.05, 0.1) is 39.6 Å². The van der Waals surface area contributed by atoms with Gasteiger partial charge in [-0.25, -0.2) is 39.5 Å². The molecule has 0 fully saturated rings. The first-order valence-corrected chi connectivity index (χ1v) is 18.9. The van der Waals surface area contributed by atoms with E-state index in [-0.39, 0.29) is 0 Å². The Bertz CT molecular complexity index is 1250. The van der Waals surface area contributed by atoms with Crippen molar-refractivity contribution in [1.29, 1.82) is 0 Å². The molecule has 1 atom stereocenters. The molecule has 1 unspecified atom stereocenters. The molecule has 1 aliphatic heterocycles. The second-order valence-corrected chi connectivity index (χ2v) is 16.5. The standard InChI is InChI=1S/C21H30F18N3O9P3/c22-4-10-46-52(47-11-5-23)40-53(48-12-6-24,49-13-16(25,26)1-7-43-19(31,32)33)42-54(41-52,50-14-17(27,28)2-8-44-20(34,35)36)51-15-18(29,30)3-9-45-21(37,38)39/h1-15H2. The molecule has 324 valence electrons. The molecule has 0 aromatic heterocycles. The van der Waals surface area contributed by atoms with E-state index in [1.165, 1.54) is 0 Å². The third kappa shape index (κ3) is 21.6. The number of rotatable bonds is 27. The molecule has 0 amide bonds. The van der Waals surface area contributed by atoms with Gasteiger partial charge in [-0.15, -0.1) is 53.1 Å². The lowest BCUT2D eigenvalue weighted by atomic mass is 10.3. The minimum atomic E-state index is -5.72. The molecule has 33 heteroatoms. The van der Waals surface area contributed by atoms with Gasteiger partial charge >= 0.3 is 42.1 Å². The van der Waals surface area contributed by atoms with E-state index < -0.39 is 159 Å². The summed E-state index contributed by atoms with van der Waals surface area (Å²) in [6, 6.07) is 0. The van der Waals surface area contributed by atoms with E-state index in [0.717, 1.165) is 0 Å². The summed E-state index contributed by atoms with van der Waals surface area (Å²) < 4.78 is 289. The second-order valence-electron chi connectivity index (χ2n) is 9.83. The number of hydrogen-bond donors (Lipinski definition) is 0. The molecule has 1 rings (SSSR count). The van der Waals surface area contributed by atoms with Crippen molar-refractivity contribution in [3.63, 3.8) is 0 Å². The van der Waals surface area contributed by atoms with Crippen LogP contribution in [0.25, 0.3) is 0 Å². The van der Waals surface area contributed by atoms with Gasteiger partial charge in [-0.3, -0.25) is 27.8 Å². The van der Waals surface area contributed by atoms with E-state index in [9.17, 15) is 79.0 Å². The smallest absolute Gasteiger partial charge is 0.304 e. The van der Waals surface area contributed by atoms with Gasteiger partial charge in [0.15, 0.2) is 0 Å². The first kappa shape index (κ1) is 51.1. The van der Waals surface area contributed by atoms with Crippen molar-refractivity contribution in [2.24, 2.45) is 13.5 Å². The molecule has 0 saturated heterocycles. The van der Waals surface area contributed by atoms with Crippen LogP contribution in [0.5, 0.6) is 0 Å². The van der Waals surface area contributed by atoms with Crippen LogP contribution in [0.4, 0.5) is 79.0 Å². The average Bonchev–Trinajstić information content (AvgIpc) is 3.01. The Balaban J connectivity index is 3.94. The number of ether oxygens (including phenoxy) is 3. The van der Waals surface area contributed by atoms with Crippen LogP contribution in [0.1, 0.15) is 19.3 Å². The third-order valence-electron chi connectivity index (χ3n) is 5.22. The molecule has 1 heterocycles. The van der Waals surface area contributed by atoms with E-state index in [2.05, 4.69) is 27.8 Å². The minimum Gasteiger partial charge on any atom is -0.304 e. The molecule has 0 N–H and O–H groups in total. The van der Waals surface area contributed by atoms with E-state index in [4.69, 9.17) is 27.1 Å². The maximum absolute atomic E-state index is 14.7. The van der Waals surface area contributed by atoms with Gasteiger partial charge < -0.3 is 13.6 Å². The van der Waals surface area contributed by atoms with Gasteiger partial charge in [-0.1, -0.05) is 0 Å². The summed E-state index contributed by atoms with van der Waals surface area (Å²) in [5.74, 6) is -13.4. The van der Waals surface area contributed by atoms with Gasteiger partial charge in [0, 0.05) is 19.3 Å². The number of hydrogen-bond acceptors (Lipinski definition) is 12. The Kier molecular flexibility index (Phi) is 20.0. The first-order chi connectivity index (χ1) is 24.5. The van der Waals surface area contributed by atoms with Gasteiger partial charge in [-0.2, -0.15) is 0 Å². The zero-order chi connectivity index (χ0) is 41.6. The predicted molar refractivity (Wildman–Crippen MR) is 146 cm³/mol. The fraction of sp³-hybridized carbons (Fsp3) is 1.00. The minimum absolute atomic E-state index is 1.24. The van der Waals surface area contributed by atoms with Gasteiger partial charge in [0.1, 0.15) is 39.8 Å². The maximum atomic E-state index is 14.7. The Morgan fingerprint density at radius 1 is 0.333 bits per heavy atom. The van der Waals surface area contributed by atoms with Crippen molar-refractivity contribution in [3.8, 4) is 0 Å². The Labute approximate surface area is 293 Å². The van der Waals surface area contributed by atoms with Crippen LogP contribution < -0.4 is 0 Å². The Hall–Kier alpha value is -0.930. The lowest BCUT2D eigenvalue weighted by Gasteiger charge is -2.34. The molecule has 0 aromatic carbocycles. The van der Waals surface area contributed by atoms with E-state index in [1.54, 1.807) is 0 Å². The van der Waals surface area contributed by atoms with Crippen LogP contribution in [0, 0.1) is 0 Å². The van der Waals surface area contributed by atoms with Gasteiger partial charge in [0.2, 0.25) is 0 Å². The highest BCUT2D eigenvalue weighted by Crippen LogP contribution is 2.81. The highest BCUT2D eigenvalue weighted by atomic mass is 31.3. The number of nitrogens with zero attached hydrogens (tertiary/aromatic N) is 3. The molecule has 0 spiro atoms. The van der Waals surface area contributed by atoms with Crippen LogP contribution in [0.3, 0.4) is 0 Å². The van der Waals surface area contributed by atoms with Crippen LogP contribution >= 0.6 is 23.0 Å². The quantitative estimate of drug-likeness (QED) is 0.0586. The van der Waals surface area contributed by atoms with Crippen molar-refractivity contribution in [1.82, 2.24) is 0 Å². The molecular formula is C21H30F18N3O9P3. The topological polar surface area (TPSA) is 120 Å². The fourth-order valence-corrected chi connectivity index (χ4v) is 12.6. The number of alkyl halides is 18. The van der Waals surface area contributed by atoms with E-state index in [0.29, 0.717) is 0 Å². The summed E-state index contributed by atoms with van der Waals surface area (Å²) in [4.78, 5) is 0. The predicted octanol–water partition coefficient (Wildman–Crippen LogP) is 10.5. The molecule has 0 aromatic rings. The Morgan fingerprint density at radius 2 is 0.556 bits per heavy atom. The lowest BCUT2D eigenvalue weighted by molar-refractivity contribution is -0.328. The summed E-state index contributed by atoms with van der Waals surface area (Å²) in [6.45, 7) is -20.5. The largest absolute Gasteiger partial charge is 0.522 e. The lowest BCUT2D eigenvalue weighted by Crippen LogP contribution is -2.29. The van der Waals surface area contributed by atoms with Crippen LogP contribution in [0.15, 0.2) is 13.5 Å². The van der Waals surface area contributed by atoms with E-state index in [1.807, 2.05) is 0 Å². The normalized spacial score (nSPS) is 19.7. The summed E-state index contributed by atoms with van der Waals surface area (Å²) in [6.07, 6.45) is -21.8. The molecule has 0 bridgehead atoms. The SMILES string of the molecule is FCCOP1(OCCF)=NP(OCC(F)(F)CCOC(F)(F)F)(OCC(F)(F)CCOC(F)(F)F)=NP(OCCF)(OCC(F)(F)CCOC(F)(F)F)=N1. The molecule has 0 aliphatic carbocycles. The zero-order valence-corrected chi connectivity index (χ0v) is 29.5. The average molecular weight is 903 g/mol. The van der Waals surface area contributed by atoms with Crippen molar-refractivity contribution in [3.05, 3.63) is 0 Å². The highest BCUT2D eigenvalue weighted by Gasteiger charge is 2.48. The van der Waals surface area contributed by atoms with Crippen molar-refractivity contribution >= 4 is 23.0 Å².